The molecule has 0 radical (unpaired) electrons. The molecule has 1 aromatic heterocycles. The molecule has 0 atom stereocenters. The van der Waals surface area contributed by atoms with Crippen LogP contribution in [0.25, 0.3) is 48.9 Å². The lowest BCUT2D eigenvalue weighted by atomic mass is 9.91. The van der Waals surface area contributed by atoms with Gasteiger partial charge in [0.05, 0.1) is 35.2 Å². The SMILES string of the molecule is Nc1ccc2nc3n(c(=O)c2c1)-c1ccc(CC(=O)OCCCCc2ccc4ccc5cccc6ccc2c4c56)cc1C3=O. The van der Waals surface area contributed by atoms with Crippen LogP contribution in [0.3, 0.4) is 0 Å². The van der Waals surface area contributed by atoms with Crippen molar-refractivity contribution < 1.29 is 14.3 Å². The first-order valence-corrected chi connectivity index (χ1v) is 14.8. The standard InChI is InChI=1S/C37H27N3O4/c38-26-13-15-30-28(20-26)37(43)40-31-16-7-21(18-29(31)35(42)36(40)39-30)19-32(41)44-17-2-1-4-22-8-9-25-11-10-23-5-3-6-24-12-14-27(22)34(25)33(23)24/h3,5-16,18,20H,1-2,4,17,19,38H2. The molecule has 214 valence electrons. The van der Waals surface area contributed by atoms with Crippen LogP contribution in [0.1, 0.15) is 40.2 Å². The van der Waals surface area contributed by atoms with E-state index in [0.29, 0.717) is 40.0 Å². The zero-order valence-electron chi connectivity index (χ0n) is 23.8. The maximum absolute atomic E-state index is 13.2. The number of hydrogen-bond donors (Lipinski definition) is 1. The number of fused-ring (bicyclic) bond motifs is 4. The Morgan fingerprint density at radius 2 is 1.57 bits per heavy atom. The zero-order valence-corrected chi connectivity index (χ0v) is 23.8. The van der Waals surface area contributed by atoms with E-state index in [4.69, 9.17) is 10.5 Å². The molecular formula is C37H27N3O4. The van der Waals surface area contributed by atoms with Gasteiger partial charge in [-0.3, -0.25) is 19.0 Å². The Kier molecular flexibility index (Phi) is 5.94. The van der Waals surface area contributed by atoms with Gasteiger partial charge in [0.15, 0.2) is 5.82 Å². The molecule has 44 heavy (non-hydrogen) atoms. The molecule has 8 rings (SSSR count). The van der Waals surface area contributed by atoms with Gasteiger partial charge in [0.25, 0.3) is 5.56 Å². The van der Waals surface area contributed by atoms with Gasteiger partial charge < -0.3 is 10.5 Å². The molecule has 0 fully saturated rings. The van der Waals surface area contributed by atoms with E-state index in [0.717, 1.165) is 19.3 Å². The summed E-state index contributed by atoms with van der Waals surface area (Å²) in [5, 5.41) is 8.03. The largest absolute Gasteiger partial charge is 0.465 e. The molecule has 1 aliphatic rings. The van der Waals surface area contributed by atoms with Gasteiger partial charge in [0, 0.05) is 5.69 Å². The maximum Gasteiger partial charge on any atom is 0.310 e. The number of esters is 1. The fraction of sp³-hybridized carbons (Fsp3) is 0.135. The Hall–Kier alpha value is -5.56. The molecule has 7 heteroatoms. The molecule has 0 bridgehead atoms. The van der Waals surface area contributed by atoms with E-state index >= 15 is 0 Å². The number of nitrogens with two attached hydrogens (primary N) is 1. The van der Waals surface area contributed by atoms with E-state index in [2.05, 4.69) is 59.6 Å². The minimum atomic E-state index is -0.354. The average molecular weight is 578 g/mol. The third kappa shape index (κ3) is 4.12. The van der Waals surface area contributed by atoms with E-state index in [1.165, 1.54) is 42.4 Å². The molecule has 7 aromatic rings. The quantitative estimate of drug-likeness (QED) is 0.100. The molecule has 6 aromatic carbocycles. The van der Waals surface area contributed by atoms with Crippen molar-refractivity contribution in [3.63, 3.8) is 0 Å². The molecule has 0 unspecified atom stereocenters. The minimum Gasteiger partial charge on any atom is -0.465 e. The van der Waals surface area contributed by atoms with E-state index < -0.39 is 0 Å². The number of ketones is 1. The number of anilines is 1. The van der Waals surface area contributed by atoms with Crippen molar-refractivity contribution in [2.24, 2.45) is 0 Å². The van der Waals surface area contributed by atoms with Crippen molar-refractivity contribution in [1.82, 2.24) is 9.55 Å². The molecule has 1 aliphatic heterocycles. The van der Waals surface area contributed by atoms with Crippen molar-refractivity contribution in [2.45, 2.75) is 25.7 Å². The maximum atomic E-state index is 13.2. The van der Waals surface area contributed by atoms with Crippen molar-refractivity contribution in [3.8, 4) is 5.69 Å². The fourth-order valence-corrected chi connectivity index (χ4v) is 6.60. The van der Waals surface area contributed by atoms with Crippen LogP contribution in [0.15, 0.2) is 95.8 Å². The molecule has 0 saturated heterocycles. The monoisotopic (exact) mass is 577 g/mol. The van der Waals surface area contributed by atoms with Crippen molar-refractivity contribution >= 4 is 60.7 Å². The predicted octanol–water partition coefficient (Wildman–Crippen LogP) is 6.52. The second-order valence-corrected chi connectivity index (χ2v) is 11.5. The Labute approximate surface area is 251 Å². The normalized spacial score (nSPS) is 12.4. The number of carbonyl (C=O) groups excluding carboxylic acids is 2. The van der Waals surface area contributed by atoms with Gasteiger partial charge >= 0.3 is 5.97 Å². The van der Waals surface area contributed by atoms with Gasteiger partial charge in [-0.25, -0.2) is 4.98 Å². The number of ether oxygens (including phenoxy) is 1. The van der Waals surface area contributed by atoms with Crippen LogP contribution >= 0.6 is 0 Å². The number of aromatic nitrogens is 2. The summed E-state index contributed by atoms with van der Waals surface area (Å²) >= 11 is 0. The summed E-state index contributed by atoms with van der Waals surface area (Å²) in [5.41, 5.74) is 9.12. The highest BCUT2D eigenvalue weighted by Crippen LogP contribution is 2.36. The number of rotatable bonds is 7. The van der Waals surface area contributed by atoms with Crippen LogP contribution in [-0.4, -0.2) is 27.9 Å². The second-order valence-electron chi connectivity index (χ2n) is 11.5. The summed E-state index contributed by atoms with van der Waals surface area (Å²) in [6.07, 6.45) is 2.57. The summed E-state index contributed by atoms with van der Waals surface area (Å²) in [6.45, 7) is 0.328. The van der Waals surface area contributed by atoms with E-state index in [1.54, 1.807) is 36.4 Å². The highest BCUT2D eigenvalue weighted by molar-refractivity contribution is 6.23. The Morgan fingerprint density at radius 3 is 2.41 bits per heavy atom. The van der Waals surface area contributed by atoms with Crippen LogP contribution in [0.4, 0.5) is 5.69 Å². The van der Waals surface area contributed by atoms with Gasteiger partial charge in [-0.1, -0.05) is 60.7 Å². The van der Waals surface area contributed by atoms with Crippen LogP contribution in [0.5, 0.6) is 0 Å². The smallest absolute Gasteiger partial charge is 0.310 e. The molecule has 0 saturated carbocycles. The number of carbonyl (C=O) groups is 2. The lowest BCUT2D eigenvalue weighted by Gasteiger charge is -2.14. The molecule has 0 amide bonds. The Morgan fingerprint density at radius 1 is 0.795 bits per heavy atom. The summed E-state index contributed by atoms with van der Waals surface area (Å²) in [6, 6.07) is 29.6. The van der Waals surface area contributed by atoms with Crippen molar-refractivity contribution in [2.75, 3.05) is 12.3 Å². The Bertz CT molecular complexity index is 2360. The first-order valence-electron chi connectivity index (χ1n) is 14.8. The van der Waals surface area contributed by atoms with Gasteiger partial charge in [-0.15, -0.1) is 0 Å². The third-order valence-electron chi connectivity index (χ3n) is 8.71. The van der Waals surface area contributed by atoms with E-state index in [9.17, 15) is 14.4 Å². The number of nitrogens with zero attached hydrogens (tertiary/aromatic N) is 2. The molecule has 0 spiro atoms. The van der Waals surface area contributed by atoms with E-state index in [1.807, 2.05) is 0 Å². The van der Waals surface area contributed by atoms with Crippen LogP contribution in [0.2, 0.25) is 0 Å². The lowest BCUT2D eigenvalue weighted by Crippen LogP contribution is -2.21. The molecule has 2 N–H and O–H groups in total. The number of hydrogen-bond acceptors (Lipinski definition) is 6. The van der Waals surface area contributed by atoms with Crippen LogP contribution in [-0.2, 0) is 22.4 Å². The highest BCUT2D eigenvalue weighted by Gasteiger charge is 2.30. The molecule has 0 aliphatic carbocycles. The number of aryl methyl sites for hydroxylation is 1. The van der Waals surface area contributed by atoms with Gasteiger partial charge in [-0.05, 0) is 93.0 Å². The molecule has 2 heterocycles. The second kappa shape index (κ2) is 10.0. The molecular weight excluding hydrogens is 550 g/mol. The van der Waals surface area contributed by atoms with Gasteiger partial charge in [-0.2, -0.15) is 0 Å². The van der Waals surface area contributed by atoms with Gasteiger partial charge in [0.1, 0.15) is 0 Å². The topological polar surface area (TPSA) is 104 Å². The number of nitrogen functional groups attached to an aromatic ring is 1. The molecule has 7 nitrogen and oxygen atoms in total. The van der Waals surface area contributed by atoms with Gasteiger partial charge in [0.2, 0.25) is 5.78 Å². The Balaban J connectivity index is 0.919. The van der Waals surface area contributed by atoms with Crippen molar-refractivity contribution in [3.05, 3.63) is 124 Å². The zero-order chi connectivity index (χ0) is 29.9. The number of unbranched alkanes of at least 4 members (excludes halogenated alkanes) is 1. The summed E-state index contributed by atoms with van der Waals surface area (Å²) in [7, 11) is 0. The predicted molar refractivity (Wildman–Crippen MR) is 173 cm³/mol. The summed E-state index contributed by atoms with van der Waals surface area (Å²) in [5.74, 6) is -0.642. The summed E-state index contributed by atoms with van der Waals surface area (Å²) in [4.78, 5) is 43.5. The van der Waals surface area contributed by atoms with Crippen LogP contribution in [0, 0.1) is 0 Å². The number of benzene rings is 6. The lowest BCUT2D eigenvalue weighted by molar-refractivity contribution is -0.142. The van der Waals surface area contributed by atoms with Crippen molar-refractivity contribution in [1.29, 1.82) is 0 Å². The van der Waals surface area contributed by atoms with E-state index in [-0.39, 0.29) is 29.6 Å². The third-order valence-corrected chi connectivity index (χ3v) is 8.71. The fourth-order valence-electron chi connectivity index (χ4n) is 6.60. The van der Waals surface area contributed by atoms with Crippen LogP contribution < -0.4 is 11.3 Å². The average Bonchev–Trinajstić information content (AvgIpc) is 3.31. The minimum absolute atomic E-state index is 0.0345. The first-order chi connectivity index (χ1) is 21.5. The first kappa shape index (κ1) is 26.1. The summed E-state index contributed by atoms with van der Waals surface area (Å²) < 4.78 is 6.87. The highest BCUT2D eigenvalue weighted by atomic mass is 16.5.